The average Bonchev–Trinajstić information content (AvgIpc) is 2.70. The third-order valence-corrected chi connectivity index (χ3v) is 2.84. The van der Waals surface area contributed by atoms with Crippen LogP contribution in [0.2, 0.25) is 0 Å². The molecule has 0 spiro atoms. The number of benzene rings is 1. The molecule has 1 amide bonds. The molecule has 3 heteroatoms. The Morgan fingerprint density at radius 3 is 2.62 bits per heavy atom. The molecule has 1 fully saturated rings. The summed E-state index contributed by atoms with van der Waals surface area (Å²) in [5.74, 6) is -0.751. The van der Waals surface area contributed by atoms with Crippen LogP contribution in [0.15, 0.2) is 43.1 Å². The molecule has 3 nitrogen and oxygen atoms in total. The number of likely N-dealkylation sites (tertiary alicyclic amines) is 1. The Kier molecular flexibility index (Phi) is 2.86. The molecule has 1 aromatic carbocycles. The van der Waals surface area contributed by atoms with E-state index in [1.165, 1.54) is 11.1 Å². The standard InChI is InChI=1S/C13H13NO2/c1-2-14-9-8-11(13(14)16)12(15)10-6-4-3-5-7-10/h2-7,11H,1,8-9H2. The summed E-state index contributed by atoms with van der Waals surface area (Å²) in [5, 5.41) is 0. The molecule has 1 heterocycles. The van der Waals surface area contributed by atoms with E-state index in [2.05, 4.69) is 6.58 Å². The highest BCUT2D eigenvalue weighted by molar-refractivity contribution is 6.11. The predicted molar refractivity (Wildman–Crippen MR) is 60.8 cm³/mol. The van der Waals surface area contributed by atoms with Crippen molar-refractivity contribution in [1.82, 2.24) is 4.90 Å². The molecule has 2 rings (SSSR count). The van der Waals surface area contributed by atoms with Gasteiger partial charge in [-0.15, -0.1) is 0 Å². The number of nitrogens with zero attached hydrogens (tertiary/aromatic N) is 1. The van der Waals surface area contributed by atoms with E-state index >= 15 is 0 Å². The van der Waals surface area contributed by atoms with E-state index in [0.717, 1.165) is 0 Å². The quantitative estimate of drug-likeness (QED) is 0.570. The van der Waals surface area contributed by atoms with Crippen molar-refractivity contribution in [2.24, 2.45) is 5.92 Å². The van der Waals surface area contributed by atoms with E-state index in [1.54, 1.807) is 24.3 Å². The Hall–Kier alpha value is -1.90. The highest BCUT2D eigenvalue weighted by atomic mass is 16.2. The van der Waals surface area contributed by atoms with Crippen LogP contribution in [0.1, 0.15) is 16.8 Å². The summed E-state index contributed by atoms with van der Waals surface area (Å²) in [7, 11) is 0. The van der Waals surface area contributed by atoms with Gasteiger partial charge in [0.25, 0.3) is 0 Å². The SMILES string of the molecule is C=CN1CCC(C(=O)c2ccccc2)C1=O. The summed E-state index contributed by atoms with van der Waals surface area (Å²) in [6.07, 6.45) is 2.07. The molecule has 0 aliphatic carbocycles. The Labute approximate surface area is 94.4 Å². The molecule has 1 aliphatic heterocycles. The molecule has 82 valence electrons. The van der Waals surface area contributed by atoms with E-state index in [-0.39, 0.29) is 11.7 Å². The molecule has 0 N–H and O–H groups in total. The summed E-state index contributed by atoms with van der Waals surface area (Å²) >= 11 is 0. The molecule has 1 atom stereocenters. The highest BCUT2D eigenvalue weighted by Crippen LogP contribution is 2.22. The lowest BCUT2D eigenvalue weighted by atomic mass is 9.96. The van der Waals surface area contributed by atoms with Gasteiger partial charge in [0.15, 0.2) is 5.78 Å². The number of carbonyl (C=O) groups is 2. The van der Waals surface area contributed by atoms with Crippen LogP contribution in [0.4, 0.5) is 0 Å². The van der Waals surface area contributed by atoms with Crippen molar-refractivity contribution in [3.63, 3.8) is 0 Å². The number of ketones is 1. The zero-order chi connectivity index (χ0) is 11.5. The van der Waals surface area contributed by atoms with E-state index in [9.17, 15) is 9.59 Å². The molecular weight excluding hydrogens is 202 g/mol. The number of Topliss-reactive ketones (excluding diaryl/α,β-unsaturated/α-hetero) is 1. The van der Waals surface area contributed by atoms with Crippen molar-refractivity contribution in [2.75, 3.05) is 6.54 Å². The molecule has 1 saturated heterocycles. The molecule has 16 heavy (non-hydrogen) atoms. The van der Waals surface area contributed by atoms with E-state index in [1.807, 2.05) is 6.07 Å². The average molecular weight is 215 g/mol. The minimum atomic E-state index is -0.527. The Balaban J connectivity index is 2.19. The van der Waals surface area contributed by atoms with Gasteiger partial charge in [0.2, 0.25) is 5.91 Å². The minimum absolute atomic E-state index is 0.0880. The number of carbonyl (C=O) groups excluding carboxylic acids is 2. The van der Waals surface area contributed by atoms with Gasteiger partial charge >= 0.3 is 0 Å². The topological polar surface area (TPSA) is 37.4 Å². The van der Waals surface area contributed by atoms with Crippen molar-refractivity contribution in [1.29, 1.82) is 0 Å². The van der Waals surface area contributed by atoms with Crippen LogP contribution in [0.25, 0.3) is 0 Å². The zero-order valence-electron chi connectivity index (χ0n) is 8.93. The van der Waals surface area contributed by atoms with Gasteiger partial charge in [-0.2, -0.15) is 0 Å². The maximum Gasteiger partial charge on any atom is 0.237 e. The molecule has 0 bridgehead atoms. The monoisotopic (exact) mass is 215 g/mol. The first-order valence-corrected chi connectivity index (χ1v) is 5.26. The van der Waals surface area contributed by atoms with Crippen LogP contribution >= 0.6 is 0 Å². The van der Waals surface area contributed by atoms with Crippen LogP contribution < -0.4 is 0 Å². The summed E-state index contributed by atoms with van der Waals surface area (Å²) in [6.45, 7) is 4.14. The van der Waals surface area contributed by atoms with Gasteiger partial charge in [0, 0.05) is 12.1 Å². The fourth-order valence-electron chi connectivity index (χ4n) is 1.93. The molecule has 1 unspecified atom stereocenters. The Morgan fingerprint density at radius 1 is 1.38 bits per heavy atom. The first-order valence-electron chi connectivity index (χ1n) is 5.26. The number of hydrogen-bond donors (Lipinski definition) is 0. The largest absolute Gasteiger partial charge is 0.319 e. The lowest BCUT2D eigenvalue weighted by Gasteiger charge is -2.10. The highest BCUT2D eigenvalue weighted by Gasteiger charge is 2.35. The second-order valence-corrected chi connectivity index (χ2v) is 3.79. The predicted octanol–water partition coefficient (Wildman–Crippen LogP) is 1.86. The van der Waals surface area contributed by atoms with Gasteiger partial charge in [0.1, 0.15) is 5.92 Å². The van der Waals surface area contributed by atoms with Crippen LogP contribution in [-0.2, 0) is 4.79 Å². The van der Waals surface area contributed by atoms with Crippen molar-refractivity contribution in [2.45, 2.75) is 6.42 Å². The van der Waals surface area contributed by atoms with Crippen LogP contribution in [0, 0.1) is 5.92 Å². The lowest BCUT2D eigenvalue weighted by molar-refractivity contribution is -0.127. The van der Waals surface area contributed by atoms with Crippen molar-refractivity contribution >= 4 is 11.7 Å². The van der Waals surface area contributed by atoms with Gasteiger partial charge < -0.3 is 4.90 Å². The molecule has 0 radical (unpaired) electrons. The first-order chi connectivity index (χ1) is 7.74. The van der Waals surface area contributed by atoms with Gasteiger partial charge in [-0.05, 0) is 12.6 Å². The summed E-state index contributed by atoms with van der Waals surface area (Å²) in [4.78, 5) is 25.3. The fraction of sp³-hybridized carbons (Fsp3) is 0.231. The van der Waals surface area contributed by atoms with Crippen molar-refractivity contribution < 1.29 is 9.59 Å². The third-order valence-electron chi connectivity index (χ3n) is 2.84. The minimum Gasteiger partial charge on any atom is -0.319 e. The maximum absolute atomic E-state index is 12.0. The van der Waals surface area contributed by atoms with Crippen molar-refractivity contribution in [3.05, 3.63) is 48.7 Å². The van der Waals surface area contributed by atoms with Crippen LogP contribution in [0.5, 0.6) is 0 Å². The first kappa shape index (κ1) is 10.6. The molecule has 1 aliphatic rings. The summed E-state index contributed by atoms with van der Waals surface area (Å²) in [6, 6.07) is 8.94. The van der Waals surface area contributed by atoms with E-state index in [4.69, 9.17) is 0 Å². The Bertz CT molecular complexity index is 425. The van der Waals surface area contributed by atoms with Gasteiger partial charge in [-0.1, -0.05) is 36.9 Å². The van der Waals surface area contributed by atoms with Gasteiger partial charge in [-0.3, -0.25) is 9.59 Å². The third kappa shape index (κ3) is 1.76. The number of hydrogen-bond acceptors (Lipinski definition) is 2. The zero-order valence-corrected chi connectivity index (χ0v) is 8.93. The molecule has 0 saturated carbocycles. The maximum atomic E-state index is 12.0. The van der Waals surface area contributed by atoms with E-state index in [0.29, 0.717) is 18.5 Å². The summed E-state index contributed by atoms with van der Waals surface area (Å²) < 4.78 is 0. The van der Waals surface area contributed by atoms with E-state index < -0.39 is 5.92 Å². The smallest absolute Gasteiger partial charge is 0.237 e. The molecular formula is C13H13NO2. The Morgan fingerprint density at radius 2 is 2.06 bits per heavy atom. The lowest BCUT2D eigenvalue weighted by Crippen LogP contribution is -2.26. The normalized spacial score (nSPS) is 19.9. The van der Waals surface area contributed by atoms with Gasteiger partial charge in [0.05, 0.1) is 0 Å². The fourth-order valence-corrected chi connectivity index (χ4v) is 1.93. The number of rotatable bonds is 3. The number of amides is 1. The molecule has 0 aromatic heterocycles. The second kappa shape index (κ2) is 4.31. The van der Waals surface area contributed by atoms with Gasteiger partial charge in [-0.25, -0.2) is 0 Å². The molecule has 1 aromatic rings. The van der Waals surface area contributed by atoms with Crippen LogP contribution in [0.3, 0.4) is 0 Å². The summed E-state index contributed by atoms with van der Waals surface area (Å²) in [5.41, 5.74) is 0.603. The van der Waals surface area contributed by atoms with Crippen molar-refractivity contribution in [3.8, 4) is 0 Å². The second-order valence-electron chi connectivity index (χ2n) is 3.79. The van der Waals surface area contributed by atoms with Crippen LogP contribution in [-0.4, -0.2) is 23.1 Å².